The maximum atomic E-state index is 12.7. The SMILES string of the molecule is COc1ccc([C@@H]2[C@@H](C(=O)SC)C(=O)C[C@H]2c2ccc(OC)cc2)cc1. The number of ether oxygens (including phenoxy) is 2. The molecule has 0 aliphatic heterocycles. The van der Waals surface area contributed by atoms with Crippen molar-refractivity contribution in [2.45, 2.75) is 18.3 Å². The van der Waals surface area contributed by atoms with E-state index in [4.69, 9.17) is 9.47 Å². The van der Waals surface area contributed by atoms with Gasteiger partial charge in [0, 0.05) is 12.3 Å². The molecule has 1 fully saturated rings. The molecule has 0 bridgehead atoms. The molecule has 1 aliphatic carbocycles. The van der Waals surface area contributed by atoms with Crippen LogP contribution in [0.1, 0.15) is 29.4 Å². The third-order valence-electron chi connectivity index (χ3n) is 5.06. The molecular formula is C21H22O4S. The van der Waals surface area contributed by atoms with Gasteiger partial charge in [0.25, 0.3) is 0 Å². The van der Waals surface area contributed by atoms with Crippen LogP contribution in [-0.4, -0.2) is 31.4 Å². The van der Waals surface area contributed by atoms with Gasteiger partial charge < -0.3 is 9.47 Å². The molecular weight excluding hydrogens is 348 g/mol. The number of hydrogen-bond donors (Lipinski definition) is 0. The molecule has 0 heterocycles. The molecule has 5 heteroatoms. The van der Waals surface area contributed by atoms with Crippen LogP contribution < -0.4 is 9.47 Å². The number of Topliss-reactive ketones (excluding diaryl/α,β-unsaturated/α-hetero) is 1. The Morgan fingerprint density at radius 3 is 1.88 bits per heavy atom. The van der Waals surface area contributed by atoms with Crippen molar-refractivity contribution in [1.82, 2.24) is 0 Å². The summed E-state index contributed by atoms with van der Waals surface area (Å²) in [5, 5.41) is -0.0631. The van der Waals surface area contributed by atoms with E-state index in [1.807, 2.05) is 48.5 Å². The maximum Gasteiger partial charge on any atom is 0.199 e. The summed E-state index contributed by atoms with van der Waals surface area (Å²) in [5.41, 5.74) is 2.04. The Hall–Kier alpha value is -2.27. The first kappa shape index (κ1) is 18.5. The zero-order valence-electron chi connectivity index (χ0n) is 15.1. The lowest BCUT2D eigenvalue weighted by molar-refractivity contribution is -0.126. The normalized spacial score (nSPS) is 22.3. The maximum absolute atomic E-state index is 12.7. The van der Waals surface area contributed by atoms with E-state index in [1.54, 1.807) is 20.5 Å². The first-order chi connectivity index (χ1) is 12.6. The average Bonchev–Trinajstić information content (AvgIpc) is 3.04. The monoisotopic (exact) mass is 370 g/mol. The van der Waals surface area contributed by atoms with Crippen molar-refractivity contribution < 1.29 is 19.1 Å². The molecule has 0 radical (unpaired) electrons. The smallest absolute Gasteiger partial charge is 0.199 e. The van der Waals surface area contributed by atoms with Crippen molar-refractivity contribution in [3.63, 3.8) is 0 Å². The van der Waals surface area contributed by atoms with Crippen molar-refractivity contribution >= 4 is 22.7 Å². The average molecular weight is 370 g/mol. The Kier molecular flexibility index (Phi) is 5.67. The second-order valence-electron chi connectivity index (χ2n) is 6.35. The summed E-state index contributed by atoms with van der Waals surface area (Å²) in [4.78, 5) is 25.2. The highest BCUT2D eigenvalue weighted by Gasteiger charge is 2.47. The van der Waals surface area contributed by atoms with Gasteiger partial charge in [0.05, 0.1) is 20.1 Å². The van der Waals surface area contributed by atoms with Crippen LogP contribution >= 0.6 is 11.8 Å². The second-order valence-corrected chi connectivity index (χ2v) is 7.16. The summed E-state index contributed by atoms with van der Waals surface area (Å²) in [6.07, 6.45) is 2.11. The van der Waals surface area contributed by atoms with E-state index < -0.39 is 5.92 Å². The van der Waals surface area contributed by atoms with Crippen LogP contribution in [0.2, 0.25) is 0 Å². The number of thioether (sulfide) groups is 1. The number of rotatable bonds is 5. The van der Waals surface area contributed by atoms with E-state index >= 15 is 0 Å². The molecule has 0 aromatic heterocycles. The number of carbonyl (C=O) groups excluding carboxylic acids is 2. The van der Waals surface area contributed by atoms with Gasteiger partial charge in [-0.3, -0.25) is 9.59 Å². The molecule has 2 aromatic carbocycles. The minimum atomic E-state index is -0.606. The van der Waals surface area contributed by atoms with Gasteiger partial charge in [0.1, 0.15) is 17.3 Å². The fraction of sp³-hybridized carbons (Fsp3) is 0.333. The lowest BCUT2D eigenvalue weighted by Crippen LogP contribution is -2.22. The lowest BCUT2D eigenvalue weighted by atomic mass is 9.80. The van der Waals surface area contributed by atoms with E-state index in [9.17, 15) is 9.59 Å². The quantitative estimate of drug-likeness (QED) is 0.743. The van der Waals surface area contributed by atoms with Crippen molar-refractivity contribution in [1.29, 1.82) is 0 Å². The molecule has 3 rings (SSSR count). The standard InChI is InChI=1S/C21H22O4S/c1-24-15-8-4-13(5-9-15)17-12-18(22)20(21(23)26-3)19(17)14-6-10-16(25-2)11-7-14/h4-11,17,19-20H,12H2,1-3H3/t17-,19-,20-/m0/s1. The fourth-order valence-electron chi connectivity index (χ4n) is 3.74. The van der Waals surface area contributed by atoms with E-state index in [1.165, 1.54) is 0 Å². The second kappa shape index (κ2) is 7.96. The van der Waals surface area contributed by atoms with Gasteiger partial charge in [-0.1, -0.05) is 36.0 Å². The number of hydrogen-bond acceptors (Lipinski definition) is 5. The van der Waals surface area contributed by atoms with Crippen molar-refractivity contribution in [2.24, 2.45) is 5.92 Å². The third-order valence-corrected chi connectivity index (χ3v) is 5.72. The molecule has 0 amide bonds. The van der Waals surface area contributed by atoms with Crippen LogP contribution in [-0.2, 0) is 9.59 Å². The van der Waals surface area contributed by atoms with E-state index in [0.717, 1.165) is 34.4 Å². The molecule has 0 N–H and O–H groups in total. The predicted molar refractivity (Wildman–Crippen MR) is 103 cm³/mol. The highest BCUT2D eigenvalue weighted by atomic mass is 32.2. The fourth-order valence-corrected chi connectivity index (χ4v) is 4.27. The van der Waals surface area contributed by atoms with Gasteiger partial charge in [-0.05, 0) is 47.6 Å². The van der Waals surface area contributed by atoms with Gasteiger partial charge in [-0.15, -0.1) is 0 Å². The van der Waals surface area contributed by atoms with Gasteiger partial charge in [-0.2, -0.15) is 0 Å². The minimum absolute atomic E-state index is 0.0194. The van der Waals surface area contributed by atoms with Gasteiger partial charge in [0.2, 0.25) is 0 Å². The zero-order valence-corrected chi connectivity index (χ0v) is 15.9. The minimum Gasteiger partial charge on any atom is -0.497 e. The van der Waals surface area contributed by atoms with E-state index in [-0.39, 0.29) is 22.7 Å². The number of methoxy groups -OCH3 is 2. The molecule has 26 heavy (non-hydrogen) atoms. The summed E-state index contributed by atoms with van der Waals surface area (Å²) in [7, 11) is 3.25. The third kappa shape index (κ3) is 3.49. The zero-order chi connectivity index (χ0) is 18.7. The Morgan fingerprint density at radius 1 is 0.923 bits per heavy atom. The van der Waals surface area contributed by atoms with E-state index in [0.29, 0.717) is 6.42 Å². The number of benzene rings is 2. The van der Waals surface area contributed by atoms with Crippen molar-refractivity contribution in [2.75, 3.05) is 20.5 Å². The summed E-state index contributed by atoms with van der Waals surface area (Å²) < 4.78 is 10.5. The lowest BCUT2D eigenvalue weighted by Gasteiger charge is -2.24. The Balaban J connectivity index is 2.02. The van der Waals surface area contributed by atoms with Crippen LogP contribution in [0.25, 0.3) is 0 Å². The highest BCUT2D eigenvalue weighted by molar-refractivity contribution is 8.13. The Bertz CT molecular complexity index is 783. The summed E-state index contributed by atoms with van der Waals surface area (Å²) in [5.74, 6) is 0.753. The molecule has 3 atom stereocenters. The van der Waals surface area contributed by atoms with Gasteiger partial charge >= 0.3 is 0 Å². The topological polar surface area (TPSA) is 52.6 Å². The van der Waals surface area contributed by atoms with Gasteiger partial charge in [-0.25, -0.2) is 0 Å². The first-order valence-electron chi connectivity index (χ1n) is 8.47. The summed E-state index contributed by atoms with van der Waals surface area (Å²) in [6, 6.07) is 15.4. The van der Waals surface area contributed by atoms with Crippen LogP contribution in [0.5, 0.6) is 11.5 Å². The van der Waals surface area contributed by atoms with Crippen LogP contribution in [0.4, 0.5) is 0 Å². The van der Waals surface area contributed by atoms with Crippen LogP contribution in [0.3, 0.4) is 0 Å². The van der Waals surface area contributed by atoms with Gasteiger partial charge in [0.15, 0.2) is 5.12 Å². The molecule has 0 saturated heterocycles. The predicted octanol–water partition coefficient (Wildman–Crippen LogP) is 4.05. The molecule has 136 valence electrons. The summed E-state index contributed by atoms with van der Waals surface area (Å²) >= 11 is 1.13. The first-order valence-corrected chi connectivity index (χ1v) is 9.70. The van der Waals surface area contributed by atoms with Crippen LogP contribution in [0, 0.1) is 5.92 Å². The highest BCUT2D eigenvalue weighted by Crippen LogP contribution is 2.49. The molecule has 1 saturated carbocycles. The van der Waals surface area contributed by atoms with Crippen LogP contribution in [0.15, 0.2) is 48.5 Å². The summed E-state index contributed by atoms with van der Waals surface area (Å²) in [6.45, 7) is 0. The molecule has 4 nitrogen and oxygen atoms in total. The Morgan fingerprint density at radius 2 is 1.42 bits per heavy atom. The largest absolute Gasteiger partial charge is 0.497 e. The molecule has 2 aromatic rings. The molecule has 1 aliphatic rings. The van der Waals surface area contributed by atoms with Crippen molar-refractivity contribution in [3.8, 4) is 11.5 Å². The Labute approximate surface area is 157 Å². The van der Waals surface area contributed by atoms with E-state index in [2.05, 4.69) is 0 Å². The number of carbonyl (C=O) groups is 2. The molecule has 0 unspecified atom stereocenters. The van der Waals surface area contributed by atoms with Crippen molar-refractivity contribution in [3.05, 3.63) is 59.7 Å². The molecule has 0 spiro atoms. The number of ketones is 1.